The first-order valence-electron chi connectivity index (χ1n) is 8.16. The second kappa shape index (κ2) is 9.89. The van der Waals surface area contributed by atoms with E-state index in [0.717, 1.165) is 18.4 Å². The van der Waals surface area contributed by atoms with Crippen molar-refractivity contribution in [3.05, 3.63) is 64.9 Å². The lowest BCUT2D eigenvalue weighted by atomic mass is 10.2. The molecule has 0 bridgehead atoms. The Kier molecular flexibility index (Phi) is 7.54. The Labute approximate surface area is 152 Å². The number of hydrogen-bond acceptors (Lipinski definition) is 2. The van der Waals surface area contributed by atoms with Gasteiger partial charge < -0.3 is 15.0 Å². The molecule has 1 N–H and O–H groups in total. The summed E-state index contributed by atoms with van der Waals surface area (Å²) >= 11 is 5.85. The molecule has 2 aromatic carbocycles. The molecule has 0 heterocycles. The minimum atomic E-state index is -0.280. The van der Waals surface area contributed by atoms with Gasteiger partial charge in [-0.2, -0.15) is 0 Å². The highest BCUT2D eigenvalue weighted by atomic mass is 35.5. The molecule has 2 amide bonds. The number of urea groups is 1. The number of amides is 2. The molecule has 0 fully saturated rings. The number of nitrogens with zero attached hydrogens (tertiary/aromatic N) is 1. The van der Waals surface area contributed by atoms with E-state index in [1.54, 1.807) is 24.1 Å². The smallest absolute Gasteiger partial charge is 0.317 e. The van der Waals surface area contributed by atoms with Crippen LogP contribution in [0.4, 0.5) is 9.18 Å². The van der Waals surface area contributed by atoms with Crippen molar-refractivity contribution in [3.63, 3.8) is 0 Å². The molecule has 0 aliphatic carbocycles. The SMILES string of the molecule is CN(Cc1ccc(Cl)cc1)C(=O)NCCCCOc1ccc(F)cc1. The summed E-state index contributed by atoms with van der Waals surface area (Å²) in [5, 5.41) is 3.56. The van der Waals surface area contributed by atoms with Crippen LogP contribution in [0.3, 0.4) is 0 Å². The second-order valence-electron chi connectivity index (χ2n) is 5.72. The zero-order chi connectivity index (χ0) is 18.1. The quantitative estimate of drug-likeness (QED) is 0.702. The van der Waals surface area contributed by atoms with Crippen molar-refractivity contribution in [2.45, 2.75) is 19.4 Å². The van der Waals surface area contributed by atoms with Crippen LogP contribution >= 0.6 is 11.6 Å². The summed E-state index contributed by atoms with van der Waals surface area (Å²) in [6.07, 6.45) is 1.61. The molecule has 0 unspecified atom stereocenters. The van der Waals surface area contributed by atoms with Crippen LogP contribution in [0.5, 0.6) is 5.75 Å². The Morgan fingerprint density at radius 3 is 2.48 bits per heavy atom. The second-order valence-corrected chi connectivity index (χ2v) is 6.16. The fraction of sp³-hybridized carbons (Fsp3) is 0.316. The largest absolute Gasteiger partial charge is 0.494 e. The molecule has 2 rings (SSSR count). The fourth-order valence-corrected chi connectivity index (χ4v) is 2.34. The van der Waals surface area contributed by atoms with Gasteiger partial charge in [-0.25, -0.2) is 9.18 Å². The highest BCUT2D eigenvalue weighted by Crippen LogP contribution is 2.12. The molecule has 0 spiro atoms. The van der Waals surface area contributed by atoms with Crippen LogP contribution in [0.15, 0.2) is 48.5 Å². The van der Waals surface area contributed by atoms with E-state index in [9.17, 15) is 9.18 Å². The van der Waals surface area contributed by atoms with Gasteiger partial charge in [-0.1, -0.05) is 23.7 Å². The molecule has 25 heavy (non-hydrogen) atoms. The van der Waals surface area contributed by atoms with E-state index in [2.05, 4.69) is 5.32 Å². The van der Waals surface area contributed by atoms with Crippen LogP contribution in [0, 0.1) is 5.82 Å². The summed E-state index contributed by atoms with van der Waals surface area (Å²) in [6.45, 7) is 1.63. The van der Waals surface area contributed by atoms with Crippen molar-refractivity contribution in [3.8, 4) is 5.75 Å². The molecule has 2 aromatic rings. The van der Waals surface area contributed by atoms with Crippen molar-refractivity contribution in [1.29, 1.82) is 0 Å². The Bertz CT molecular complexity index is 662. The van der Waals surface area contributed by atoms with E-state index in [4.69, 9.17) is 16.3 Å². The van der Waals surface area contributed by atoms with Gasteiger partial charge in [-0.05, 0) is 54.8 Å². The molecule has 0 saturated heterocycles. The maximum Gasteiger partial charge on any atom is 0.317 e. The highest BCUT2D eigenvalue weighted by molar-refractivity contribution is 6.30. The van der Waals surface area contributed by atoms with Crippen molar-refractivity contribution in [2.24, 2.45) is 0 Å². The van der Waals surface area contributed by atoms with Crippen LogP contribution < -0.4 is 10.1 Å². The molecular formula is C19H22ClFN2O2. The topological polar surface area (TPSA) is 41.6 Å². The van der Waals surface area contributed by atoms with E-state index < -0.39 is 0 Å². The Morgan fingerprint density at radius 2 is 1.80 bits per heavy atom. The first-order valence-corrected chi connectivity index (χ1v) is 8.54. The van der Waals surface area contributed by atoms with Gasteiger partial charge in [0.1, 0.15) is 11.6 Å². The zero-order valence-electron chi connectivity index (χ0n) is 14.2. The number of unbranched alkanes of at least 4 members (excludes halogenated alkanes) is 1. The van der Waals surface area contributed by atoms with E-state index in [0.29, 0.717) is 30.5 Å². The summed E-state index contributed by atoms with van der Waals surface area (Å²) in [5.41, 5.74) is 1.02. The number of ether oxygens (including phenoxy) is 1. The molecule has 0 aromatic heterocycles. The molecule has 6 heteroatoms. The first kappa shape index (κ1) is 19.1. The van der Waals surface area contributed by atoms with E-state index >= 15 is 0 Å². The summed E-state index contributed by atoms with van der Waals surface area (Å²) in [5.74, 6) is 0.367. The molecular weight excluding hydrogens is 343 g/mol. The maximum atomic E-state index is 12.8. The van der Waals surface area contributed by atoms with Crippen molar-refractivity contribution in [1.82, 2.24) is 10.2 Å². The lowest BCUT2D eigenvalue weighted by Gasteiger charge is -2.18. The van der Waals surface area contributed by atoms with Gasteiger partial charge in [0.25, 0.3) is 0 Å². The molecule has 0 aliphatic heterocycles. The zero-order valence-corrected chi connectivity index (χ0v) is 14.9. The number of halogens is 2. The number of carbonyl (C=O) groups is 1. The van der Waals surface area contributed by atoms with E-state index in [-0.39, 0.29) is 11.8 Å². The number of hydrogen-bond donors (Lipinski definition) is 1. The Morgan fingerprint density at radius 1 is 1.12 bits per heavy atom. The first-order chi connectivity index (χ1) is 12.0. The summed E-state index contributed by atoms with van der Waals surface area (Å²) < 4.78 is 18.3. The van der Waals surface area contributed by atoms with Crippen LogP contribution in [0.2, 0.25) is 5.02 Å². The summed E-state index contributed by atoms with van der Waals surface area (Å²) in [7, 11) is 1.75. The third-order valence-electron chi connectivity index (χ3n) is 3.61. The van der Waals surface area contributed by atoms with Crippen molar-refractivity contribution >= 4 is 17.6 Å². The van der Waals surface area contributed by atoms with Gasteiger partial charge in [-0.3, -0.25) is 0 Å². The lowest BCUT2D eigenvalue weighted by Crippen LogP contribution is -2.37. The van der Waals surface area contributed by atoms with Gasteiger partial charge in [0.2, 0.25) is 0 Å². The minimum absolute atomic E-state index is 0.116. The van der Waals surface area contributed by atoms with Crippen molar-refractivity contribution in [2.75, 3.05) is 20.2 Å². The minimum Gasteiger partial charge on any atom is -0.494 e. The number of nitrogens with one attached hydrogen (secondary N) is 1. The van der Waals surface area contributed by atoms with Gasteiger partial charge in [0.05, 0.1) is 6.61 Å². The van der Waals surface area contributed by atoms with Crippen LogP contribution in [0.25, 0.3) is 0 Å². The monoisotopic (exact) mass is 364 g/mol. The number of rotatable bonds is 8. The summed E-state index contributed by atoms with van der Waals surface area (Å²) in [6, 6.07) is 13.2. The molecule has 4 nitrogen and oxygen atoms in total. The predicted octanol–water partition coefficient (Wildman–Crippen LogP) is 4.48. The average Bonchev–Trinajstić information content (AvgIpc) is 2.61. The van der Waals surface area contributed by atoms with Gasteiger partial charge in [-0.15, -0.1) is 0 Å². The van der Waals surface area contributed by atoms with E-state index in [1.165, 1.54) is 12.1 Å². The van der Waals surface area contributed by atoms with Crippen LogP contribution in [-0.2, 0) is 6.54 Å². The Hall–Kier alpha value is -2.27. The standard InChI is InChI=1S/C19H22ClFN2O2/c1-23(14-15-4-6-16(20)7-5-15)19(24)22-12-2-3-13-25-18-10-8-17(21)9-11-18/h4-11H,2-3,12-14H2,1H3,(H,22,24). The van der Waals surface area contributed by atoms with Gasteiger partial charge in [0.15, 0.2) is 0 Å². The fourth-order valence-electron chi connectivity index (χ4n) is 2.21. The van der Waals surface area contributed by atoms with E-state index in [1.807, 2.05) is 24.3 Å². The number of carbonyl (C=O) groups excluding carboxylic acids is 1. The molecule has 0 aliphatic rings. The third-order valence-corrected chi connectivity index (χ3v) is 3.86. The Balaban J connectivity index is 1.58. The highest BCUT2D eigenvalue weighted by Gasteiger charge is 2.08. The molecule has 0 radical (unpaired) electrons. The normalized spacial score (nSPS) is 10.4. The third kappa shape index (κ3) is 7.01. The lowest BCUT2D eigenvalue weighted by molar-refractivity contribution is 0.206. The van der Waals surface area contributed by atoms with Gasteiger partial charge in [0, 0.05) is 25.2 Å². The van der Waals surface area contributed by atoms with Crippen molar-refractivity contribution < 1.29 is 13.9 Å². The average molecular weight is 365 g/mol. The van der Waals surface area contributed by atoms with Crippen LogP contribution in [0.1, 0.15) is 18.4 Å². The molecule has 0 atom stereocenters. The predicted molar refractivity (Wildman–Crippen MR) is 97.4 cm³/mol. The maximum absolute atomic E-state index is 12.8. The number of benzene rings is 2. The van der Waals surface area contributed by atoms with Gasteiger partial charge >= 0.3 is 6.03 Å². The van der Waals surface area contributed by atoms with Crippen LogP contribution in [-0.4, -0.2) is 31.1 Å². The molecule has 134 valence electrons. The summed E-state index contributed by atoms with van der Waals surface area (Å²) in [4.78, 5) is 13.6. The molecule has 0 saturated carbocycles.